The molecule has 5 nitrogen and oxygen atoms in total. The van der Waals surface area contributed by atoms with Crippen molar-refractivity contribution in [2.45, 2.75) is 32.2 Å². The smallest absolute Gasteiger partial charge is 0.225 e. The number of aromatic amines is 1. The first-order valence-electron chi connectivity index (χ1n) is 8.83. The average molecular weight is 364 g/mol. The zero-order chi connectivity index (χ0) is 17.7. The van der Waals surface area contributed by atoms with Crippen LogP contribution >= 0.6 is 11.6 Å². The quantitative estimate of drug-likeness (QED) is 0.517. The first-order valence-corrected chi connectivity index (χ1v) is 9.20. The molecule has 26 heavy (non-hydrogen) atoms. The lowest BCUT2D eigenvalue weighted by molar-refractivity contribution is 0.606. The molecule has 5 rings (SSSR count). The van der Waals surface area contributed by atoms with E-state index in [2.05, 4.69) is 49.5 Å². The summed E-state index contributed by atoms with van der Waals surface area (Å²) in [5, 5.41) is 5.14. The van der Waals surface area contributed by atoms with Crippen LogP contribution in [-0.2, 0) is 12.8 Å². The van der Waals surface area contributed by atoms with Crippen molar-refractivity contribution in [3.63, 3.8) is 0 Å². The molecule has 3 aromatic heterocycles. The number of H-pyrrole nitrogens is 1. The molecule has 0 unspecified atom stereocenters. The molecule has 0 bridgehead atoms. The minimum atomic E-state index is 0.250. The highest BCUT2D eigenvalue weighted by molar-refractivity contribution is 6.28. The predicted octanol–water partition coefficient (Wildman–Crippen LogP) is 4.44. The summed E-state index contributed by atoms with van der Waals surface area (Å²) in [5.41, 5.74) is 6.59. The van der Waals surface area contributed by atoms with Crippen molar-refractivity contribution in [1.29, 1.82) is 0 Å². The van der Waals surface area contributed by atoms with E-state index in [1.165, 1.54) is 22.2 Å². The molecule has 1 atom stereocenters. The number of hydrogen-bond acceptors (Lipinski definition) is 4. The molecule has 4 aromatic rings. The third-order valence-corrected chi connectivity index (χ3v) is 5.36. The van der Waals surface area contributed by atoms with Gasteiger partial charge in [-0.1, -0.05) is 18.2 Å². The number of pyridine rings is 1. The molecule has 2 N–H and O–H groups in total. The number of aryl methyl sites for hydroxylation is 2. The van der Waals surface area contributed by atoms with Gasteiger partial charge in [0.1, 0.15) is 5.52 Å². The summed E-state index contributed by atoms with van der Waals surface area (Å²) in [7, 11) is 0. The normalized spacial score (nSPS) is 16.8. The minimum absolute atomic E-state index is 0.250. The summed E-state index contributed by atoms with van der Waals surface area (Å²) >= 11 is 6.16. The van der Waals surface area contributed by atoms with Gasteiger partial charge < -0.3 is 10.3 Å². The molecule has 0 spiro atoms. The van der Waals surface area contributed by atoms with Crippen LogP contribution in [0.4, 0.5) is 5.82 Å². The topological polar surface area (TPSA) is 66.5 Å². The van der Waals surface area contributed by atoms with Crippen LogP contribution < -0.4 is 5.32 Å². The second-order valence-electron chi connectivity index (χ2n) is 6.88. The number of halogens is 1. The number of aromatic nitrogens is 4. The summed E-state index contributed by atoms with van der Waals surface area (Å²) in [6.07, 6.45) is 4.80. The number of fused-ring (bicyclic) bond motifs is 4. The molecule has 130 valence electrons. The predicted molar refractivity (Wildman–Crippen MR) is 105 cm³/mol. The van der Waals surface area contributed by atoms with Gasteiger partial charge in [0.15, 0.2) is 5.82 Å². The maximum absolute atomic E-state index is 6.16. The van der Waals surface area contributed by atoms with Gasteiger partial charge in [-0.15, -0.1) is 0 Å². The highest BCUT2D eigenvalue weighted by Gasteiger charge is 2.23. The maximum Gasteiger partial charge on any atom is 0.225 e. The number of hydrogen-bond donors (Lipinski definition) is 2. The van der Waals surface area contributed by atoms with Crippen molar-refractivity contribution >= 4 is 39.4 Å². The molecule has 3 heterocycles. The van der Waals surface area contributed by atoms with E-state index in [0.29, 0.717) is 0 Å². The zero-order valence-electron chi connectivity index (χ0n) is 14.4. The standard InChI is InChI=1S/C20H18ClN5/c1-11-8-9-22-18-17(11)25-20(21)26-19(18)23-12-6-7-16-14(10-12)13-4-2-3-5-15(13)24-16/h2-5,8-9,12,24H,6-7,10H2,1H3,(H,23,25,26)/t12-/m1/s1. The van der Waals surface area contributed by atoms with Crippen molar-refractivity contribution in [3.05, 3.63) is 58.6 Å². The second-order valence-corrected chi connectivity index (χ2v) is 7.22. The fourth-order valence-corrected chi connectivity index (χ4v) is 4.08. The Kier molecular flexibility index (Phi) is 3.57. The van der Waals surface area contributed by atoms with Crippen LogP contribution in [0.1, 0.15) is 23.2 Å². The molecule has 0 aliphatic heterocycles. The van der Waals surface area contributed by atoms with Gasteiger partial charge in [0.2, 0.25) is 5.28 Å². The Morgan fingerprint density at radius 1 is 1.15 bits per heavy atom. The fraction of sp³-hybridized carbons (Fsp3) is 0.250. The maximum atomic E-state index is 6.16. The van der Waals surface area contributed by atoms with Crippen LogP contribution in [0.5, 0.6) is 0 Å². The van der Waals surface area contributed by atoms with Gasteiger partial charge in [0.05, 0.1) is 5.52 Å². The summed E-state index contributed by atoms with van der Waals surface area (Å²) in [6, 6.07) is 10.7. The highest BCUT2D eigenvalue weighted by Crippen LogP contribution is 2.31. The van der Waals surface area contributed by atoms with Gasteiger partial charge in [-0.05, 0) is 61.0 Å². The Morgan fingerprint density at radius 3 is 2.96 bits per heavy atom. The first-order chi connectivity index (χ1) is 12.7. The van der Waals surface area contributed by atoms with Gasteiger partial charge >= 0.3 is 0 Å². The number of nitrogens with zero attached hydrogens (tertiary/aromatic N) is 3. The van der Waals surface area contributed by atoms with Gasteiger partial charge in [0, 0.05) is 28.8 Å². The molecule has 0 fully saturated rings. The Labute approximate surface area is 155 Å². The third kappa shape index (κ3) is 2.51. The number of benzene rings is 1. The SMILES string of the molecule is Cc1ccnc2c(N[C@@H]3CCc4[nH]c5ccccc5c4C3)nc(Cl)nc12. The second kappa shape index (κ2) is 5.95. The largest absolute Gasteiger partial charge is 0.365 e. The van der Waals surface area contributed by atoms with E-state index in [4.69, 9.17) is 11.6 Å². The van der Waals surface area contributed by atoms with Crippen LogP contribution in [0.2, 0.25) is 5.28 Å². The van der Waals surface area contributed by atoms with E-state index >= 15 is 0 Å². The van der Waals surface area contributed by atoms with Crippen molar-refractivity contribution in [2.75, 3.05) is 5.32 Å². The fourth-order valence-electron chi connectivity index (χ4n) is 3.91. The molecule has 1 aliphatic carbocycles. The van der Waals surface area contributed by atoms with E-state index < -0.39 is 0 Å². The van der Waals surface area contributed by atoms with E-state index in [9.17, 15) is 0 Å². The monoisotopic (exact) mass is 363 g/mol. The lowest BCUT2D eigenvalue weighted by Crippen LogP contribution is -2.27. The average Bonchev–Trinajstić information content (AvgIpc) is 3.01. The molecule has 1 aliphatic rings. The minimum Gasteiger partial charge on any atom is -0.365 e. The Balaban J connectivity index is 1.51. The third-order valence-electron chi connectivity index (χ3n) is 5.19. The van der Waals surface area contributed by atoms with Crippen LogP contribution in [0.15, 0.2) is 36.5 Å². The highest BCUT2D eigenvalue weighted by atomic mass is 35.5. The molecular formula is C20H18ClN5. The molecule has 0 radical (unpaired) electrons. The van der Waals surface area contributed by atoms with Gasteiger partial charge in [0.25, 0.3) is 0 Å². The van der Waals surface area contributed by atoms with Crippen LogP contribution in [0.3, 0.4) is 0 Å². The van der Waals surface area contributed by atoms with Crippen molar-refractivity contribution in [2.24, 2.45) is 0 Å². The molecular weight excluding hydrogens is 346 g/mol. The van der Waals surface area contributed by atoms with Crippen molar-refractivity contribution in [3.8, 4) is 0 Å². The summed E-state index contributed by atoms with van der Waals surface area (Å²) in [4.78, 5) is 16.8. The van der Waals surface area contributed by atoms with Crippen LogP contribution in [0, 0.1) is 6.92 Å². The van der Waals surface area contributed by atoms with Crippen LogP contribution in [-0.4, -0.2) is 26.0 Å². The molecule has 0 amide bonds. The van der Waals surface area contributed by atoms with E-state index in [0.717, 1.165) is 41.7 Å². The lowest BCUT2D eigenvalue weighted by atomic mass is 9.91. The van der Waals surface area contributed by atoms with E-state index in [1.807, 2.05) is 13.0 Å². The number of nitrogens with one attached hydrogen (secondary N) is 2. The summed E-state index contributed by atoms with van der Waals surface area (Å²) < 4.78 is 0. The summed E-state index contributed by atoms with van der Waals surface area (Å²) in [5.74, 6) is 0.719. The number of para-hydroxylation sites is 1. The molecule has 0 saturated carbocycles. The Bertz CT molecular complexity index is 1130. The van der Waals surface area contributed by atoms with Crippen molar-refractivity contribution in [1.82, 2.24) is 19.9 Å². The van der Waals surface area contributed by atoms with Gasteiger partial charge in [-0.25, -0.2) is 4.98 Å². The Hall–Kier alpha value is -2.66. The first kappa shape index (κ1) is 15.6. The van der Waals surface area contributed by atoms with E-state index in [-0.39, 0.29) is 11.3 Å². The van der Waals surface area contributed by atoms with Gasteiger partial charge in [-0.3, -0.25) is 4.98 Å². The van der Waals surface area contributed by atoms with Crippen molar-refractivity contribution < 1.29 is 0 Å². The lowest BCUT2D eigenvalue weighted by Gasteiger charge is -2.24. The Morgan fingerprint density at radius 2 is 2.04 bits per heavy atom. The zero-order valence-corrected chi connectivity index (χ0v) is 15.1. The van der Waals surface area contributed by atoms with Gasteiger partial charge in [-0.2, -0.15) is 4.98 Å². The van der Waals surface area contributed by atoms with E-state index in [1.54, 1.807) is 6.20 Å². The molecule has 6 heteroatoms. The number of rotatable bonds is 2. The van der Waals surface area contributed by atoms with Crippen LogP contribution in [0.25, 0.3) is 21.9 Å². The molecule has 1 aromatic carbocycles. The summed E-state index contributed by atoms with van der Waals surface area (Å²) in [6.45, 7) is 2.01. The number of anilines is 1. The molecule has 0 saturated heterocycles.